The molecular formula is C95H123N21O22. The first-order valence-corrected chi connectivity index (χ1v) is 45.7. The summed E-state index contributed by atoms with van der Waals surface area (Å²) in [5.41, 5.74) is 9.06. The molecule has 6 aromatic carbocycles. The summed E-state index contributed by atoms with van der Waals surface area (Å²) in [7, 11) is 1.19. The highest BCUT2D eigenvalue weighted by Crippen LogP contribution is 2.32. The van der Waals surface area contributed by atoms with Crippen LogP contribution in [-0.2, 0) is 48.2 Å². The van der Waals surface area contributed by atoms with E-state index >= 15 is 0 Å². The Bertz CT molecular complexity index is 5480. The number of alkyl carbamates (subject to hydrolysis) is 2. The van der Waals surface area contributed by atoms with Gasteiger partial charge in [0.2, 0.25) is 35.7 Å². The molecule has 3 atom stereocenters. The van der Waals surface area contributed by atoms with Crippen LogP contribution in [0.5, 0.6) is 52.5 Å². The van der Waals surface area contributed by atoms with Crippen LogP contribution in [0.15, 0.2) is 127 Å². The first-order chi connectivity index (χ1) is 66.5. The lowest BCUT2D eigenvalue weighted by Crippen LogP contribution is -2.49. The van der Waals surface area contributed by atoms with Crippen molar-refractivity contribution in [1.29, 1.82) is 0 Å². The molecule has 0 unspecified atom stereocenters. The van der Waals surface area contributed by atoms with Gasteiger partial charge in [-0.05, 0) is 229 Å². The molecule has 0 saturated heterocycles. The Labute approximate surface area is 799 Å². The average molecular weight is 1910 g/mol. The number of carboxylic acids is 2. The van der Waals surface area contributed by atoms with E-state index in [4.69, 9.17) is 62.6 Å². The molecule has 43 nitrogen and oxygen atoms in total. The Kier molecular flexibility index (Phi) is 40.7. The number of esters is 1. The first kappa shape index (κ1) is 105. The van der Waals surface area contributed by atoms with Crippen LogP contribution in [0.3, 0.4) is 0 Å². The Morgan fingerprint density at radius 2 is 0.659 bits per heavy atom. The minimum Gasteiger partial charge on any atom is -0.494 e. The third-order valence-electron chi connectivity index (χ3n) is 19.9. The molecule has 9 aromatic rings. The fourth-order valence-corrected chi connectivity index (χ4v) is 13.1. The fraction of sp³-hybridized carbons (Fsp3) is 0.442. The number of carbonyl (C=O) groups is 8. The van der Waals surface area contributed by atoms with Gasteiger partial charge in [0.25, 0.3) is 17.7 Å². The number of hydrogen-bond donors (Lipinski definition) is 14. The lowest BCUT2D eigenvalue weighted by Gasteiger charge is -2.22. The number of methoxy groups -OCH3 is 1. The third-order valence-corrected chi connectivity index (χ3v) is 19.9. The van der Waals surface area contributed by atoms with Crippen molar-refractivity contribution in [3.05, 3.63) is 161 Å². The summed E-state index contributed by atoms with van der Waals surface area (Å²) in [6.07, 6.45) is 8.81. The fourth-order valence-electron chi connectivity index (χ4n) is 13.1. The lowest BCUT2D eigenvalue weighted by atomic mass is 10.1. The maximum Gasteiger partial charge on any atom is 0.407 e. The second-order valence-electron chi connectivity index (χ2n) is 33.2. The van der Waals surface area contributed by atoms with Crippen molar-refractivity contribution < 1.29 is 105 Å². The van der Waals surface area contributed by atoms with E-state index in [-0.39, 0.29) is 88.9 Å². The van der Waals surface area contributed by atoms with Crippen molar-refractivity contribution in [2.45, 2.75) is 188 Å². The van der Waals surface area contributed by atoms with Crippen molar-refractivity contribution >= 4 is 101 Å². The van der Waals surface area contributed by atoms with Gasteiger partial charge in [0.15, 0.2) is 0 Å². The molecule has 43 heteroatoms. The quantitative estimate of drug-likeness (QED) is 0.0249. The van der Waals surface area contributed by atoms with Crippen molar-refractivity contribution in [2.75, 3.05) is 118 Å². The van der Waals surface area contributed by atoms with E-state index in [1.807, 2.05) is 93.6 Å². The molecule has 0 fully saturated rings. The number of carboxylic acid groups (broad SMARTS) is 2. The molecule has 15 N–H and O–H groups in total. The van der Waals surface area contributed by atoms with Crippen molar-refractivity contribution in [3.8, 4) is 52.5 Å². The summed E-state index contributed by atoms with van der Waals surface area (Å²) in [5, 5.41) is 50.5. The summed E-state index contributed by atoms with van der Waals surface area (Å²) in [6, 6.07) is 34.4. The minimum atomic E-state index is -1.43. The molecule has 0 saturated carbocycles. The van der Waals surface area contributed by atoms with Gasteiger partial charge in [-0.3, -0.25) is 14.4 Å². The van der Waals surface area contributed by atoms with Crippen LogP contribution in [0.25, 0.3) is 0 Å². The maximum atomic E-state index is 13.6. The van der Waals surface area contributed by atoms with Crippen molar-refractivity contribution in [2.24, 2.45) is 5.73 Å². The van der Waals surface area contributed by atoms with Gasteiger partial charge in [-0.2, -0.15) is 44.9 Å². The highest BCUT2D eigenvalue weighted by molar-refractivity contribution is 6.01. The van der Waals surface area contributed by atoms with Gasteiger partial charge < -0.3 is 131 Å². The zero-order valence-corrected chi connectivity index (χ0v) is 79.1. The van der Waals surface area contributed by atoms with Gasteiger partial charge in [-0.25, -0.2) is 24.0 Å². The molecule has 740 valence electrons. The Morgan fingerprint density at radius 3 is 0.942 bits per heavy atom. The van der Waals surface area contributed by atoms with E-state index < -0.39 is 83.7 Å². The first-order valence-electron chi connectivity index (χ1n) is 45.7. The van der Waals surface area contributed by atoms with Crippen LogP contribution in [0.2, 0.25) is 0 Å². The summed E-state index contributed by atoms with van der Waals surface area (Å²) in [5.74, 6) is -0.557. The zero-order chi connectivity index (χ0) is 98.8. The molecule has 9 heterocycles. The Morgan fingerprint density at radius 1 is 0.377 bits per heavy atom. The molecule has 0 radical (unpaired) electrons. The smallest absolute Gasteiger partial charge is 0.407 e. The van der Waals surface area contributed by atoms with E-state index in [2.05, 4.69) is 103 Å². The van der Waals surface area contributed by atoms with E-state index in [9.17, 15) is 48.6 Å². The predicted octanol–water partition coefficient (Wildman–Crippen LogP) is 12.5. The number of amides is 5. The van der Waals surface area contributed by atoms with Gasteiger partial charge in [0.1, 0.15) is 63.8 Å². The van der Waals surface area contributed by atoms with E-state index in [0.717, 1.165) is 105 Å². The van der Waals surface area contributed by atoms with Gasteiger partial charge >= 0.3 is 48.1 Å². The Balaban J connectivity index is 0.000000214. The van der Waals surface area contributed by atoms with Crippen LogP contribution < -0.4 is 107 Å². The number of ether oxygens (including phenoxy) is 12. The predicted molar refractivity (Wildman–Crippen MR) is 510 cm³/mol. The number of nitrogens with one attached hydrogen (secondary N) is 11. The lowest BCUT2D eigenvalue weighted by molar-refractivity contribution is -0.143. The third kappa shape index (κ3) is 36.1. The number of aromatic nitrogens is 9. The minimum absolute atomic E-state index is 0.105. The number of fused-ring (bicyclic) bond motifs is 30. The molecule has 3 aromatic heterocycles. The zero-order valence-electron chi connectivity index (χ0n) is 79.1. The van der Waals surface area contributed by atoms with Gasteiger partial charge in [-0.15, -0.1) is 0 Å². The summed E-state index contributed by atoms with van der Waals surface area (Å²) in [4.78, 5) is 140. The topological polar surface area (TPSA) is 562 Å². The molecular weight excluding hydrogens is 1790 g/mol. The van der Waals surface area contributed by atoms with Crippen LogP contribution in [-0.4, -0.2) is 218 Å². The van der Waals surface area contributed by atoms with Crippen molar-refractivity contribution in [3.63, 3.8) is 0 Å². The Hall–Kier alpha value is -15.3. The number of aliphatic carboxylic acids is 2. The number of anilines is 9. The highest BCUT2D eigenvalue weighted by Gasteiger charge is 2.30. The monoisotopic (exact) mass is 1910 g/mol. The highest BCUT2D eigenvalue weighted by atomic mass is 16.6. The average Bonchev–Trinajstić information content (AvgIpc) is 0.872. The SMILES string of the molecule is CCOc1nc2nc(n1)Nc1ccc(C(=O)N[C@H](CN)C(=O)O)c(c1)OCCCCCCOc1ccc(cc1)CN2.CCOc1nc2nc(n1)Nc1ccc(C(=O)N[C@H](CNC(=O)OC(C)(C)C)C(=O)O)c(c1)OCCCCCCOc1ccc(cc1)CN2.CCOc1nc2nc(n1)Nc1ccc(C(=O)N[C@H](CNC(=O)OC(C)(C)C)C(=O)OC)c(c1)OCCCCCCOc1ccc(cc1)CN2. The molecule has 138 heavy (non-hydrogen) atoms. The second-order valence-corrected chi connectivity index (χ2v) is 33.2. The van der Waals surface area contributed by atoms with Gasteiger partial charge in [0.05, 0.1) is 96.4 Å². The normalized spacial score (nSPS) is 14.4. The number of carbonyl (C=O) groups excluding carboxylic acids is 6. The maximum absolute atomic E-state index is 13.6. The number of nitrogens with zero attached hydrogens (tertiary/aromatic N) is 9. The van der Waals surface area contributed by atoms with Crippen LogP contribution >= 0.6 is 0 Å². The van der Waals surface area contributed by atoms with Gasteiger partial charge in [0, 0.05) is 61.4 Å². The van der Waals surface area contributed by atoms with E-state index in [1.165, 1.54) is 13.2 Å². The van der Waals surface area contributed by atoms with E-state index in [0.29, 0.717) is 114 Å². The molecule has 6 aliphatic rings. The summed E-state index contributed by atoms with van der Waals surface area (Å²) in [6.45, 7) is 20.0. The number of nitrogens with two attached hydrogens (primary N) is 1. The standard InChI is InChI=1S/C34H45N7O8.C33H43N7O8.C28H35N7O6/c1-6-46-32-40-30-35-20-22-11-14-24(15-12-22)47-17-9-7-8-10-18-48-27-19-23(37-31(39-30)41-32)13-16-25(27)28(42)38-26(29(43)45-5)21-36-33(44)49-34(2,3)4;1-5-45-31-39-29-34-19-21-10-13-23(14-11-21)46-16-8-6-7-9-17-47-26-18-22(36-30(38-29)40-31)12-15-24(26)27(41)37-25(28(42)43)20-35-32(44)48-33(2,3)4;1-2-39-28-34-26-30-17-18-7-10-20(11-8-18)40-13-5-3-4-6-14-41-23-15-19(31-27(33-26)35-28)9-12-21(23)24(36)32-22(16-29)25(37)38/h11-16,19,26H,6-10,17-18,20-21H2,1-5H3,(H,36,44)(H,38,42)(H2,35,37,39,40,41);10-15,18,25H,5-9,16-17,19-20H2,1-4H3,(H,35,44)(H,37,41)(H,42,43)(H2,34,36,38,39,40);7-12,15,22H,2-6,13-14,16-17,29H2,1H3,(H,32,36)(H,37,38)(H2,30,31,33,34,35)/t26-;25-;22-/m111/s1. The second kappa shape index (κ2) is 53.7. The van der Waals surface area contributed by atoms with Crippen LogP contribution in [0.4, 0.5) is 62.3 Å². The summed E-state index contributed by atoms with van der Waals surface area (Å²) < 4.78 is 67.8. The molecule has 0 aliphatic carbocycles. The largest absolute Gasteiger partial charge is 0.494 e. The number of rotatable bonds is 20. The molecule has 15 rings (SSSR count). The number of hydrogen-bond acceptors (Lipinski definition) is 36. The van der Waals surface area contributed by atoms with Crippen LogP contribution in [0.1, 0.15) is 187 Å². The van der Waals surface area contributed by atoms with E-state index in [1.54, 1.807) is 90.1 Å². The molecule has 5 amide bonds. The summed E-state index contributed by atoms with van der Waals surface area (Å²) >= 11 is 0. The number of benzene rings is 6. The molecule has 6 aliphatic heterocycles. The van der Waals surface area contributed by atoms with Gasteiger partial charge in [-0.1, -0.05) is 36.4 Å². The van der Waals surface area contributed by atoms with Crippen LogP contribution in [0, 0.1) is 0 Å². The molecule has 0 spiro atoms. The van der Waals surface area contributed by atoms with Crippen molar-refractivity contribution in [1.82, 2.24) is 71.4 Å². The molecule has 18 bridgehead atoms.